The molecule has 0 spiro atoms. The molecule has 2 N–H and O–H groups in total. The molecule has 2 rings (SSSR count). The van der Waals surface area contributed by atoms with Crippen LogP contribution >= 0.6 is 22.6 Å². The van der Waals surface area contributed by atoms with Gasteiger partial charge in [-0.05, 0) is 71.5 Å². The van der Waals surface area contributed by atoms with Gasteiger partial charge in [0.2, 0.25) is 0 Å². The van der Waals surface area contributed by atoms with Gasteiger partial charge < -0.3 is 10.1 Å². The predicted molar refractivity (Wildman–Crippen MR) is 98.9 cm³/mol. The predicted octanol–water partition coefficient (Wildman–Crippen LogP) is 3.79. The highest BCUT2D eigenvalue weighted by molar-refractivity contribution is 14.1. The fourth-order valence-corrected chi connectivity index (χ4v) is 2.67. The summed E-state index contributed by atoms with van der Waals surface area (Å²) in [5.74, 6) is -0.894. The van der Waals surface area contributed by atoms with Crippen LogP contribution in [0.25, 0.3) is 0 Å². The van der Waals surface area contributed by atoms with Crippen LogP contribution in [0.5, 0.6) is 0 Å². The van der Waals surface area contributed by atoms with Crippen molar-refractivity contribution in [2.45, 2.75) is 6.92 Å². The normalized spacial score (nSPS) is 10.5. The summed E-state index contributed by atoms with van der Waals surface area (Å²) >= 11 is 2.22. The lowest BCUT2D eigenvalue weighted by Gasteiger charge is -2.14. The monoisotopic (exact) mass is 444 g/mol. The number of benzene rings is 2. The number of aryl methyl sites for hydroxylation is 1. The fourth-order valence-electron chi connectivity index (χ4n) is 2.03. The molecule has 0 saturated carbocycles. The van der Waals surface area contributed by atoms with Gasteiger partial charge in [-0.25, -0.2) is 9.87 Å². The van der Waals surface area contributed by atoms with Crippen LogP contribution < -0.4 is 10.8 Å². The van der Waals surface area contributed by atoms with E-state index in [0.717, 1.165) is 14.8 Å². The van der Waals surface area contributed by atoms with Crippen LogP contribution in [0.15, 0.2) is 36.4 Å². The minimum Gasteiger partial charge on any atom is -0.382 e. The molecular weight excluding hydrogens is 426 g/mol. The van der Waals surface area contributed by atoms with Crippen LogP contribution in [0.2, 0.25) is 0 Å². The van der Waals surface area contributed by atoms with Crippen molar-refractivity contribution in [3.63, 3.8) is 0 Å². The highest BCUT2D eigenvalue weighted by Crippen LogP contribution is 2.25. The molecule has 0 aliphatic carbocycles. The number of nitrogens with one attached hydrogen (secondary N) is 2. The summed E-state index contributed by atoms with van der Waals surface area (Å²) in [5.41, 5.74) is 4.77. The first-order valence-electron chi connectivity index (χ1n) is 7.25. The third-order valence-electron chi connectivity index (χ3n) is 3.24. The number of carbonyl (C=O) groups is 1. The first-order chi connectivity index (χ1) is 11.5. The molecule has 5 nitrogen and oxygen atoms in total. The van der Waals surface area contributed by atoms with Gasteiger partial charge in [0, 0.05) is 16.4 Å². The number of hydrogen-bond donors (Lipinski definition) is 2. The molecule has 0 radical (unpaired) electrons. The Kier molecular flexibility index (Phi) is 6.95. The van der Waals surface area contributed by atoms with Crippen LogP contribution in [0.3, 0.4) is 0 Å². The van der Waals surface area contributed by atoms with E-state index in [1.54, 1.807) is 0 Å². The first kappa shape index (κ1) is 18.6. The number of halogens is 2. The minimum atomic E-state index is -0.461. The second-order valence-corrected chi connectivity index (χ2v) is 6.29. The third-order valence-corrected chi connectivity index (χ3v) is 3.91. The maximum absolute atomic E-state index is 13.6. The quantitative estimate of drug-likeness (QED) is 0.388. The van der Waals surface area contributed by atoms with Crippen LogP contribution in [0.4, 0.5) is 15.8 Å². The van der Waals surface area contributed by atoms with Gasteiger partial charge in [0.25, 0.3) is 5.91 Å². The Morgan fingerprint density at radius 2 is 1.96 bits per heavy atom. The van der Waals surface area contributed by atoms with E-state index in [4.69, 9.17) is 9.57 Å². The SMILES string of the molecule is COCCONC(=O)c1ccc(F)cc1Nc1ccc(I)cc1C. The van der Waals surface area contributed by atoms with E-state index in [2.05, 4.69) is 33.4 Å². The second kappa shape index (κ2) is 8.95. The van der Waals surface area contributed by atoms with Crippen LogP contribution in [0, 0.1) is 16.3 Å². The van der Waals surface area contributed by atoms with Gasteiger partial charge in [-0.1, -0.05) is 0 Å². The Balaban J connectivity index is 2.19. The van der Waals surface area contributed by atoms with E-state index < -0.39 is 11.7 Å². The number of carbonyl (C=O) groups excluding carboxylic acids is 1. The zero-order valence-corrected chi connectivity index (χ0v) is 15.5. The topological polar surface area (TPSA) is 59.6 Å². The molecule has 0 aromatic heterocycles. The molecule has 0 saturated heterocycles. The minimum absolute atomic E-state index is 0.225. The summed E-state index contributed by atoms with van der Waals surface area (Å²) in [5, 5.41) is 3.11. The first-order valence-corrected chi connectivity index (χ1v) is 8.33. The molecule has 7 heteroatoms. The lowest BCUT2D eigenvalue weighted by atomic mass is 10.1. The largest absolute Gasteiger partial charge is 0.382 e. The molecule has 128 valence electrons. The summed E-state index contributed by atoms with van der Waals surface area (Å²) in [6.45, 7) is 2.52. The summed E-state index contributed by atoms with van der Waals surface area (Å²) in [6, 6.07) is 9.74. The molecule has 0 unspecified atom stereocenters. The lowest BCUT2D eigenvalue weighted by Crippen LogP contribution is -2.26. The van der Waals surface area contributed by atoms with Crippen molar-refractivity contribution in [1.82, 2.24) is 5.48 Å². The molecule has 0 heterocycles. The van der Waals surface area contributed by atoms with Crippen LogP contribution in [-0.4, -0.2) is 26.2 Å². The zero-order chi connectivity index (χ0) is 17.5. The van der Waals surface area contributed by atoms with Gasteiger partial charge in [-0.3, -0.25) is 9.63 Å². The lowest BCUT2D eigenvalue weighted by molar-refractivity contribution is 0.00894. The van der Waals surface area contributed by atoms with Crippen molar-refractivity contribution in [3.05, 3.63) is 56.9 Å². The average Bonchev–Trinajstić information content (AvgIpc) is 2.54. The van der Waals surface area contributed by atoms with Crippen molar-refractivity contribution in [3.8, 4) is 0 Å². The van der Waals surface area contributed by atoms with Gasteiger partial charge in [0.05, 0.1) is 24.5 Å². The molecule has 2 aromatic rings. The number of hydrogen-bond acceptors (Lipinski definition) is 4. The average molecular weight is 444 g/mol. The van der Waals surface area contributed by atoms with E-state index in [0.29, 0.717) is 12.3 Å². The molecule has 0 aliphatic rings. The van der Waals surface area contributed by atoms with E-state index >= 15 is 0 Å². The molecule has 0 fully saturated rings. The summed E-state index contributed by atoms with van der Waals surface area (Å²) in [4.78, 5) is 17.2. The maximum Gasteiger partial charge on any atom is 0.276 e. The number of ether oxygens (including phenoxy) is 1. The Hall–Kier alpha value is -1.71. The number of anilines is 2. The van der Waals surface area contributed by atoms with E-state index in [-0.39, 0.29) is 12.2 Å². The van der Waals surface area contributed by atoms with E-state index in [1.165, 1.54) is 25.3 Å². The standard InChI is InChI=1S/C17H18FIN2O3/c1-11-9-13(19)4-6-15(11)20-16-10-12(18)3-5-14(16)17(22)21-24-8-7-23-2/h3-6,9-10,20H,7-8H2,1-2H3,(H,21,22). The summed E-state index contributed by atoms with van der Waals surface area (Å²) < 4.78 is 19.5. The van der Waals surface area contributed by atoms with Crippen molar-refractivity contribution < 1.29 is 18.8 Å². The molecule has 1 amide bonds. The number of methoxy groups -OCH3 is 1. The smallest absolute Gasteiger partial charge is 0.276 e. The van der Waals surface area contributed by atoms with E-state index in [9.17, 15) is 9.18 Å². The second-order valence-electron chi connectivity index (χ2n) is 5.05. The third kappa shape index (κ3) is 5.15. The van der Waals surface area contributed by atoms with Gasteiger partial charge in [-0.2, -0.15) is 0 Å². The van der Waals surface area contributed by atoms with Crippen molar-refractivity contribution >= 4 is 39.9 Å². The Labute approximate surface area is 153 Å². The number of hydroxylamine groups is 1. The highest BCUT2D eigenvalue weighted by Gasteiger charge is 2.13. The summed E-state index contributed by atoms with van der Waals surface area (Å²) in [6.07, 6.45) is 0. The van der Waals surface area contributed by atoms with Crippen LogP contribution in [0.1, 0.15) is 15.9 Å². The molecule has 0 atom stereocenters. The molecule has 24 heavy (non-hydrogen) atoms. The van der Waals surface area contributed by atoms with Crippen LogP contribution in [-0.2, 0) is 9.57 Å². The Morgan fingerprint density at radius 3 is 2.67 bits per heavy atom. The molecule has 2 aromatic carbocycles. The maximum atomic E-state index is 13.6. The van der Waals surface area contributed by atoms with E-state index in [1.807, 2.05) is 25.1 Å². The van der Waals surface area contributed by atoms with Crippen molar-refractivity contribution in [1.29, 1.82) is 0 Å². The number of amides is 1. The van der Waals surface area contributed by atoms with Gasteiger partial charge in [0.1, 0.15) is 5.82 Å². The van der Waals surface area contributed by atoms with Gasteiger partial charge in [0.15, 0.2) is 0 Å². The Morgan fingerprint density at radius 1 is 1.17 bits per heavy atom. The van der Waals surface area contributed by atoms with Gasteiger partial charge in [-0.15, -0.1) is 0 Å². The summed E-state index contributed by atoms with van der Waals surface area (Å²) in [7, 11) is 1.54. The molecule has 0 bridgehead atoms. The Bertz CT molecular complexity index is 725. The fraction of sp³-hybridized carbons (Fsp3) is 0.235. The van der Waals surface area contributed by atoms with Gasteiger partial charge >= 0.3 is 0 Å². The zero-order valence-electron chi connectivity index (χ0n) is 13.4. The molecule has 0 aliphatic heterocycles. The van der Waals surface area contributed by atoms with Crippen molar-refractivity contribution in [2.75, 3.05) is 25.6 Å². The molecular formula is C17H18FIN2O3. The van der Waals surface area contributed by atoms with Crippen molar-refractivity contribution in [2.24, 2.45) is 0 Å². The highest BCUT2D eigenvalue weighted by atomic mass is 127. The number of rotatable bonds is 7.